The van der Waals surface area contributed by atoms with Crippen molar-refractivity contribution in [3.05, 3.63) is 65.7 Å². The molecule has 1 unspecified atom stereocenters. The quantitative estimate of drug-likeness (QED) is 0.787. The van der Waals surface area contributed by atoms with Gasteiger partial charge in [-0.2, -0.15) is 0 Å². The first-order valence-corrected chi connectivity index (χ1v) is 7.82. The predicted octanol–water partition coefficient (Wildman–Crippen LogP) is 2.98. The molecule has 23 heavy (non-hydrogen) atoms. The summed E-state index contributed by atoms with van der Waals surface area (Å²) in [5.41, 5.74) is 1.78. The van der Waals surface area contributed by atoms with Crippen LogP contribution in [0.4, 0.5) is 0 Å². The van der Waals surface area contributed by atoms with Gasteiger partial charge < -0.3 is 15.2 Å². The number of nitrogens with one attached hydrogen (secondary N) is 1. The number of hydrogen-bond acceptors (Lipinski definition) is 3. The van der Waals surface area contributed by atoms with Crippen molar-refractivity contribution in [2.24, 2.45) is 0 Å². The molecule has 0 heterocycles. The van der Waals surface area contributed by atoms with Gasteiger partial charge in [-0.25, -0.2) is 0 Å². The number of carbonyl (C=O) groups excluding carboxylic acids is 1. The summed E-state index contributed by atoms with van der Waals surface area (Å²) >= 11 is 0. The lowest BCUT2D eigenvalue weighted by Gasteiger charge is -2.16. The lowest BCUT2D eigenvalue weighted by Crippen LogP contribution is -2.25. The molecule has 0 saturated carbocycles. The first-order chi connectivity index (χ1) is 11.2. The highest BCUT2D eigenvalue weighted by Gasteiger charge is 2.12. The third-order valence-electron chi connectivity index (χ3n) is 3.86. The molecule has 2 rings (SSSR count). The molecule has 0 aromatic heterocycles. The van der Waals surface area contributed by atoms with E-state index in [0.717, 1.165) is 6.42 Å². The highest BCUT2D eigenvalue weighted by Crippen LogP contribution is 2.22. The molecule has 2 aromatic carbocycles. The summed E-state index contributed by atoms with van der Waals surface area (Å²) in [6.07, 6.45) is 1.49. The number of hydrogen-bond donors (Lipinski definition) is 2. The molecule has 0 fully saturated rings. The molecule has 2 N–H and O–H groups in total. The van der Waals surface area contributed by atoms with E-state index in [1.807, 2.05) is 24.3 Å². The molecule has 0 aliphatic heterocycles. The molecule has 0 radical (unpaired) electrons. The summed E-state index contributed by atoms with van der Waals surface area (Å²) in [5, 5.41) is 12.2. The second kappa shape index (κ2) is 8.96. The van der Waals surface area contributed by atoms with Gasteiger partial charge in [-0.15, -0.1) is 0 Å². The van der Waals surface area contributed by atoms with Crippen molar-refractivity contribution in [2.45, 2.75) is 18.8 Å². The molecule has 1 amide bonds. The van der Waals surface area contributed by atoms with E-state index in [4.69, 9.17) is 4.74 Å². The Morgan fingerprint density at radius 1 is 1.13 bits per heavy atom. The van der Waals surface area contributed by atoms with Gasteiger partial charge in [0, 0.05) is 18.7 Å². The van der Waals surface area contributed by atoms with Crippen LogP contribution in [0.25, 0.3) is 0 Å². The first kappa shape index (κ1) is 17.0. The van der Waals surface area contributed by atoms with Crippen molar-refractivity contribution in [1.29, 1.82) is 0 Å². The molecule has 0 aliphatic rings. The van der Waals surface area contributed by atoms with E-state index in [1.54, 1.807) is 25.3 Å². The first-order valence-electron chi connectivity index (χ1n) is 7.82. The monoisotopic (exact) mass is 313 g/mol. The maximum atomic E-state index is 12.2. The van der Waals surface area contributed by atoms with Crippen molar-refractivity contribution in [1.82, 2.24) is 5.32 Å². The highest BCUT2D eigenvalue weighted by molar-refractivity contribution is 5.94. The summed E-state index contributed by atoms with van der Waals surface area (Å²) < 4.78 is 5.13. The SMILES string of the molecule is COc1cccc(C(=O)NCCC(CCO)c2ccccc2)c1. The van der Waals surface area contributed by atoms with Crippen LogP contribution in [0.15, 0.2) is 54.6 Å². The Kier molecular flexibility index (Phi) is 6.63. The number of ether oxygens (including phenoxy) is 1. The van der Waals surface area contributed by atoms with Gasteiger partial charge in [0.05, 0.1) is 7.11 Å². The van der Waals surface area contributed by atoms with Gasteiger partial charge in [0.25, 0.3) is 5.91 Å². The van der Waals surface area contributed by atoms with Crippen LogP contribution in [-0.2, 0) is 0 Å². The number of aliphatic hydroxyl groups excluding tert-OH is 1. The molecule has 4 heteroatoms. The second-order valence-electron chi connectivity index (χ2n) is 5.40. The molecule has 0 spiro atoms. The highest BCUT2D eigenvalue weighted by atomic mass is 16.5. The van der Waals surface area contributed by atoms with Gasteiger partial charge in [-0.1, -0.05) is 36.4 Å². The molecule has 0 aliphatic carbocycles. The third-order valence-corrected chi connectivity index (χ3v) is 3.86. The molecule has 2 aromatic rings. The average Bonchev–Trinajstić information content (AvgIpc) is 2.61. The van der Waals surface area contributed by atoms with Gasteiger partial charge in [0.1, 0.15) is 5.75 Å². The molecule has 0 bridgehead atoms. The van der Waals surface area contributed by atoms with E-state index in [9.17, 15) is 9.90 Å². The molecular weight excluding hydrogens is 290 g/mol. The zero-order valence-electron chi connectivity index (χ0n) is 13.4. The zero-order valence-corrected chi connectivity index (χ0v) is 13.4. The Morgan fingerprint density at radius 3 is 2.61 bits per heavy atom. The summed E-state index contributed by atoms with van der Waals surface area (Å²) in [6, 6.07) is 17.2. The topological polar surface area (TPSA) is 58.6 Å². The Hall–Kier alpha value is -2.33. The van der Waals surface area contributed by atoms with Crippen LogP contribution >= 0.6 is 0 Å². The molecule has 0 saturated heterocycles. The van der Waals surface area contributed by atoms with Crippen LogP contribution < -0.4 is 10.1 Å². The number of rotatable bonds is 8. The number of amides is 1. The minimum atomic E-state index is -0.111. The fraction of sp³-hybridized carbons (Fsp3) is 0.316. The van der Waals surface area contributed by atoms with Crippen LogP contribution in [0.1, 0.15) is 34.7 Å². The van der Waals surface area contributed by atoms with Crippen molar-refractivity contribution in [2.75, 3.05) is 20.3 Å². The minimum Gasteiger partial charge on any atom is -0.497 e. The normalized spacial score (nSPS) is 11.7. The molecule has 4 nitrogen and oxygen atoms in total. The Balaban J connectivity index is 1.90. The summed E-state index contributed by atoms with van der Waals surface area (Å²) in [4.78, 5) is 12.2. The molecular formula is C19H23NO3. The van der Waals surface area contributed by atoms with E-state index in [1.165, 1.54) is 5.56 Å². The van der Waals surface area contributed by atoms with E-state index < -0.39 is 0 Å². The number of aliphatic hydroxyl groups is 1. The van der Waals surface area contributed by atoms with E-state index in [-0.39, 0.29) is 18.4 Å². The van der Waals surface area contributed by atoms with E-state index in [2.05, 4.69) is 17.4 Å². The summed E-state index contributed by atoms with van der Waals surface area (Å²) in [5.74, 6) is 0.798. The van der Waals surface area contributed by atoms with E-state index >= 15 is 0 Å². The fourth-order valence-corrected chi connectivity index (χ4v) is 2.59. The van der Waals surface area contributed by atoms with Crippen LogP contribution in [-0.4, -0.2) is 31.3 Å². The standard InChI is InChI=1S/C19H23NO3/c1-23-18-9-5-8-17(14-18)19(22)20-12-10-16(11-13-21)15-6-3-2-4-7-15/h2-9,14,16,21H,10-13H2,1H3,(H,20,22). The van der Waals surface area contributed by atoms with Crippen molar-refractivity contribution < 1.29 is 14.6 Å². The molecule has 122 valence electrons. The number of methoxy groups -OCH3 is 1. The predicted molar refractivity (Wildman–Crippen MR) is 90.8 cm³/mol. The number of benzene rings is 2. The average molecular weight is 313 g/mol. The largest absolute Gasteiger partial charge is 0.497 e. The Bertz CT molecular complexity index is 613. The number of carbonyl (C=O) groups is 1. The maximum Gasteiger partial charge on any atom is 0.251 e. The lowest BCUT2D eigenvalue weighted by molar-refractivity contribution is 0.0952. The van der Waals surface area contributed by atoms with Crippen LogP contribution in [0.3, 0.4) is 0 Å². The van der Waals surface area contributed by atoms with Gasteiger partial charge in [0.2, 0.25) is 0 Å². The Labute approximate surface area is 137 Å². The van der Waals surface area contributed by atoms with Gasteiger partial charge in [-0.3, -0.25) is 4.79 Å². The van der Waals surface area contributed by atoms with Gasteiger partial charge >= 0.3 is 0 Å². The molecule has 1 atom stereocenters. The minimum absolute atomic E-state index is 0.111. The Morgan fingerprint density at radius 2 is 1.91 bits per heavy atom. The zero-order chi connectivity index (χ0) is 16.5. The lowest BCUT2D eigenvalue weighted by atomic mass is 9.93. The smallest absolute Gasteiger partial charge is 0.251 e. The van der Waals surface area contributed by atoms with Gasteiger partial charge in [0.15, 0.2) is 0 Å². The van der Waals surface area contributed by atoms with Crippen molar-refractivity contribution >= 4 is 5.91 Å². The fourth-order valence-electron chi connectivity index (χ4n) is 2.59. The van der Waals surface area contributed by atoms with Crippen molar-refractivity contribution in [3.8, 4) is 5.75 Å². The van der Waals surface area contributed by atoms with Crippen molar-refractivity contribution in [3.63, 3.8) is 0 Å². The van der Waals surface area contributed by atoms with E-state index in [0.29, 0.717) is 24.3 Å². The van der Waals surface area contributed by atoms with Crippen LogP contribution in [0, 0.1) is 0 Å². The second-order valence-corrected chi connectivity index (χ2v) is 5.40. The summed E-state index contributed by atoms with van der Waals surface area (Å²) in [6.45, 7) is 0.707. The van der Waals surface area contributed by atoms with Crippen LogP contribution in [0.2, 0.25) is 0 Å². The van der Waals surface area contributed by atoms with Gasteiger partial charge in [-0.05, 0) is 42.5 Å². The summed E-state index contributed by atoms with van der Waals surface area (Å²) in [7, 11) is 1.58. The third kappa shape index (κ3) is 5.11. The van der Waals surface area contributed by atoms with Crippen LogP contribution in [0.5, 0.6) is 5.75 Å². The maximum absolute atomic E-state index is 12.2.